The molecule has 1 aliphatic carbocycles. The van der Waals surface area contributed by atoms with Crippen LogP contribution in [0, 0.1) is 11.7 Å². The van der Waals surface area contributed by atoms with Gasteiger partial charge in [0.1, 0.15) is 24.8 Å². The van der Waals surface area contributed by atoms with Gasteiger partial charge in [0.2, 0.25) is 0 Å². The molecule has 2 atom stereocenters. The van der Waals surface area contributed by atoms with Crippen LogP contribution in [-0.4, -0.2) is 24.3 Å². The predicted molar refractivity (Wildman–Crippen MR) is 124 cm³/mol. The molecule has 0 radical (unpaired) electrons. The highest BCUT2D eigenvalue weighted by Gasteiger charge is 2.18. The molecule has 1 aliphatic rings. The van der Waals surface area contributed by atoms with E-state index in [1.165, 1.54) is 0 Å². The molecule has 0 bridgehead atoms. The van der Waals surface area contributed by atoms with Crippen LogP contribution in [0.5, 0.6) is 5.75 Å². The predicted octanol–water partition coefficient (Wildman–Crippen LogP) is 5.94. The Kier molecular flexibility index (Phi) is 8.23. The second-order valence-electron chi connectivity index (χ2n) is 8.22. The molecule has 2 aromatic carbocycles. The standard InChI is InChI=1S/C27H31FO4/c1-4-19-5-7-20(8-6-19)21-11-12-24(25(28)15-21)22-9-10-23(17-29)26(16-22)31-13-14-32-27(30)18(2)3/h5,7,9-12,15-16,19-20,29H,2,4,6,8,13-14,17H2,1,3H3. The minimum Gasteiger partial charge on any atom is -0.490 e. The first-order valence-electron chi connectivity index (χ1n) is 11.1. The number of aliphatic hydroxyl groups excluding tert-OH is 1. The van der Waals surface area contributed by atoms with E-state index in [1.807, 2.05) is 6.07 Å². The molecule has 0 heterocycles. The average molecular weight is 439 g/mol. The number of benzene rings is 2. The lowest BCUT2D eigenvalue weighted by Crippen LogP contribution is -2.13. The number of hydrogen-bond acceptors (Lipinski definition) is 4. The maximum Gasteiger partial charge on any atom is 0.333 e. The first-order chi connectivity index (χ1) is 15.4. The summed E-state index contributed by atoms with van der Waals surface area (Å²) in [7, 11) is 0. The third-order valence-electron chi connectivity index (χ3n) is 5.88. The number of esters is 1. The van der Waals surface area contributed by atoms with Gasteiger partial charge in [-0.3, -0.25) is 0 Å². The number of aliphatic hydroxyl groups is 1. The van der Waals surface area contributed by atoms with Crippen LogP contribution in [0.4, 0.5) is 4.39 Å². The summed E-state index contributed by atoms with van der Waals surface area (Å²) in [5.74, 6) is 0.541. The molecule has 2 unspecified atom stereocenters. The zero-order valence-electron chi connectivity index (χ0n) is 18.8. The zero-order chi connectivity index (χ0) is 23.1. The number of rotatable bonds is 9. The van der Waals surface area contributed by atoms with Gasteiger partial charge in [-0.2, -0.15) is 0 Å². The highest BCUT2D eigenvalue weighted by atomic mass is 19.1. The monoisotopic (exact) mass is 438 g/mol. The lowest BCUT2D eigenvalue weighted by Gasteiger charge is -2.22. The fourth-order valence-corrected chi connectivity index (χ4v) is 3.89. The Morgan fingerprint density at radius 3 is 2.59 bits per heavy atom. The molecule has 0 aliphatic heterocycles. The van der Waals surface area contributed by atoms with Gasteiger partial charge in [-0.05, 0) is 55.4 Å². The molecular weight excluding hydrogens is 407 g/mol. The first-order valence-corrected chi connectivity index (χ1v) is 11.1. The summed E-state index contributed by atoms with van der Waals surface area (Å²) >= 11 is 0. The Morgan fingerprint density at radius 2 is 1.97 bits per heavy atom. The van der Waals surface area contributed by atoms with Crippen molar-refractivity contribution >= 4 is 5.97 Å². The number of ether oxygens (including phenoxy) is 2. The summed E-state index contributed by atoms with van der Waals surface area (Å²) in [5, 5.41) is 9.61. The third kappa shape index (κ3) is 5.86. The molecular formula is C27H31FO4. The molecule has 32 heavy (non-hydrogen) atoms. The van der Waals surface area contributed by atoms with Gasteiger partial charge >= 0.3 is 5.97 Å². The molecule has 0 spiro atoms. The van der Waals surface area contributed by atoms with Gasteiger partial charge in [-0.15, -0.1) is 0 Å². The Morgan fingerprint density at radius 1 is 1.16 bits per heavy atom. The van der Waals surface area contributed by atoms with Gasteiger partial charge in [0.15, 0.2) is 0 Å². The van der Waals surface area contributed by atoms with Crippen molar-refractivity contribution in [1.82, 2.24) is 0 Å². The molecule has 0 saturated carbocycles. The lowest BCUT2D eigenvalue weighted by molar-refractivity contribution is -0.139. The van der Waals surface area contributed by atoms with E-state index in [0.717, 1.165) is 24.8 Å². The molecule has 1 N–H and O–H groups in total. The summed E-state index contributed by atoms with van der Waals surface area (Å²) in [5.41, 5.74) is 3.01. The van der Waals surface area contributed by atoms with Crippen LogP contribution in [-0.2, 0) is 16.1 Å². The molecule has 0 aromatic heterocycles. The molecule has 0 saturated heterocycles. The van der Waals surface area contributed by atoms with Crippen molar-refractivity contribution in [2.45, 2.75) is 45.6 Å². The third-order valence-corrected chi connectivity index (χ3v) is 5.88. The van der Waals surface area contributed by atoms with Crippen LogP contribution in [0.3, 0.4) is 0 Å². The number of allylic oxidation sites excluding steroid dienone is 2. The van der Waals surface area contributed by atoms with Crippen molar-refractivity contribution in [2.75, 3.05) is 13.2 Å². The van der Waals surface area contributed by atoms with Crippen molar-refractivity contribution < 1.29 is 23.8 Å². The quantitative estimate of drug-likeness (QED) is 0.228. The maximum atomic E-state index is 15.0. The Balaban J connectivity index is 1.74. The van der Waals surface area contributed by atoms with Crippen LogP contribution in [0.15, 0.2) is 60.7 Å². The molecule has 2 aromatic rings. The smallest absolute Gasteiger partial charge is 0.333 e. The molecule has 5 heteroatoms. The Labute approximate surface area is 189 Å². The Hall–Kier alpha value is -2.92. The highest BCUT2D eigenvalue weighted by molar-refractivity contribution is 5.86. The van der Waals surface area contributed by atoms with Gasteiger partial charge in [0.05, 0.1) is 6.61 Å². The maximum absolute atomic E-state index is 15.0. The number of halogens is 1. The van der Waals surface area contributed by atoms with E-state index < -0.39 is 5.97 Å². The molecule has 4 nitrogen and oxygen atoms in total. The molecule has 0 fully saturated rings. The molecule has 170 valence electrons. The summed E-state index contributed by atoms with van der Waals surface area (Å²) < 4.78 is 25.8. The van der Waals surface area contributed by atoms with Crippen molar-refractivity contribution in [2.24, 2.45) is 5.92 Å². The van der Waals surface area contributed by atoms with Crippen LogP contribution in [0.25, 0.3) is 11.1 Å². The van der Waals surface area contributed by atoms with Gasteiger partial charge in [-0.25, -0.2) is 9.18 Å². The van der Waals surface area contributed by atoms with E-state index in [4.69, 9.17) is 9.47 Å². The Bertz CT molecular complexity index is 995. The van der Waals surface area contributed by atoms with E-state index in [9.17, 15) is 9.90 Å². The highest BCUT2D eigenvalue weighted by Crippen LogP contribution is 2.35. The van der Waals surface area contributed by atoms with Crippen molar-refractivity contribution in [3.63, 3.8) is 0 Å². The normalized spacial score (nSPS) is 17.8. The lowest BCUT2D eigenvalue weighted by atomic mass is 9.83. The minimum absolute atomic E-state index is 0.0532. The van der Waals surface area contributed by atoms with Crippen molar-refractivity contribution in [3.8, 4) is 16.9 Å². The topological polar surface area (TPSA) is 55.8 Å². The fraction of sp³-hybridized carbons (Fsp3) is 0.370. The van der Waals surface area contributed by atoms with Gasteiger partial charge in [0.25, 0.3) is 0 Å². The summed E-state index contributed by atoms with van der Waals surface area (Å²) in [4.78, 5) is 11.5. The van der Waals surface area contributed by atoms with Crippen LogP contribution in [0.1, 0.15) is 50.2 Å². The summed E-state index contributed by atoms with van der Waals surface area (Å²) in [6.07, 6.45) is 7.76. The minimum atomic E-state index is -0.482. The van der Waals surface area contributed by atoms with Crippen LogP contribution >= 0.6 is 0 Å². The van der Waals surface area contributed by atoms with E-state index >= 15 is 4.39 Å². The van der Waals surface area contributed by atoms with Gasteiger partial charge in [0, 0.05) is 22.6 Å². The van der Waals surface area contributed by atoms with E-state index in [2.05, 4.69) is 25.7 Å². The average Bonchev–Trinajstić information content (AvgIpc) is 2.81. The fourth-order valence-electron chi connectivity index (χ4n) is 3.89. The van der Waals surface area contributed by atoms with Crippen LogP contribution in [0.2, 0.25) is 0 Å². The molecule has 0 amide bonds. The number of carbonyl (C=O) groups excluding carboxylic acids is 1. The zero-order valence-corrected chi connectivity index (χ0v) is 18.8. The van der Waals surface area contributed by atoms with Gasteiger partial charge in [-0.1, -0.05) is 49.9 Å². The largest absolute Gasteiger partial charge is 0.490 e. The van der Waals surface area contributed by atoms with Crippen LogP contribution < -0.4 is 4.74 Å². The van der Waals surface area contributed by atoms with Crippen molar-refractivity contribution in [1.29, 1.82) is 0 Å². The number of hydrogen-bond donors (Lipinski definition) is 1. The second-order valence-corrected chi connectivity index (χ2v) is 8.22. The van der Waals surface area contributed by atoms with E-state index in [-0.39, 0.29) is 31.6 Å². The van der Waals surface area contributed by atoms with Gasteiger partial charge < -0.3 is 14.6 Å². The number of carbonyl (C=O) groups is 1. The van der Waals surface area contributed by atoms with E-state index in [0.29, 0.717) is 33.9 Å². The van der Waals surface area contributed by atoms with E-state index in [1.54, 1.807) is 37.3 Å². The molecule has 3 rings (SSSR count). The summed E-state index contributed by atoms with van der Waals surface area (Å²) in [6.45, 7) is 7.25. The van der Waals surface area contributed by atoms with Crippen molar-refractivity contribution in [3.05, 3.63) is 77.6 Å². The SMILES string of the molecule is C=C(C)C(=O)OCCOc1cc(-c2ccc(C3C=CC(CC)CC3)cc2F)ccc1CO. The second kappa shape index (κ2) is 11.1. The summed E-state index contributed by atoms with van der Waals surface area (Å²) in [6, 6.07) is 10.6. The first kappa shape index (κ1) is 23.7.